The molecule has 0 fully saturated rings. The first-order valence-corrected chi connectivity index (χ1v) is 7.05. The van der Waals surface area contributed by atoms with Gasteiger partial charge in [-0.2, -0.15) is 0 Å². The highest BCUT2D eigenvalue weighted by molar-refractivity contribution is 9.10. The van der Waals surface area contributed by atoms with Gasteiger partial charge in [0.2, 0.25) is 6.79 Å². The van der Waals surface area contributed by atoms with E-state index in [0.717, 1.165) is 32.8 Å². The Balaban J connectivity index is 1.69. The minimum absolute atomic E-state index is 0.285. The maximum absolute atomic E-state index is 5.76. The lowest BCUT2D eigenvalue weighted by Gasteiger charge is -2.09. The Hall–Kier alpha value is -1.72. The van der Waals surface area contributed by atoms with Gasteiger partial charge in [-0.25, -0.2) is 0 Å². The first-order valence-electron chi connectivity index (χ1n) is 6.26. The Kier molecular flexibility index (Phi) is 3.80. The summed E-state index contributed by atoms with van der Waals surface area (Å²) >= 11 is 3.48. The third-order valence-corrected chi connectivity index (χ3v) is 3.83. The molecule has 5 heteroatoms. The van der Waals surface area contributed by atoms with Crippen LogP contribution in [0.25, 0.3) is 0 Å². The van der Waals surface area contributed by atoms with Gasteiger partial charge in [-0.15, -0.1) is 0 Å². The topological polar surface area (TPSA) is 53.7 Å². The molecule has 1 aliphatic rings. The first kappa shape index (κ1) is 13.3. The summed E-state index contributed by atoms with van der Waals surface area (Å²) in [6, 6.07) is 11.6. The predicted octanol–water partition coefficient (Wildman–Crippen LogP) is 3.22. The number of nitrogens with two attached hydrogens (primary N) is 1. The summed E-state index contributed by atoms with van der Waals surface area (Å²) in [4.78, 5) is 0. The van der Waals surface area contributed by atoms with Gasteiger partial charge in [0.05, 0.1) is 0 Å². The zero-order chi connectivity index (χ0) is 13.9. The van der Waals surface area contributed by atoms with E-state index in [2.05, 4.69) is 15.9 Å². The van der Waals surface area contributed by atoms with Crippen molar-refractivity contribution in [2.24, 2.45) is 5.73 Å². The van der Waals surface area contributed by atoms with Crippen molar-refractivity contribution in [1.29, 1.82) is 0 Å². The van der Waals surface area contributed by atoms with E-state index in [0.29, 0.717) is 13.2 Å². The molecule has 0 aromatic heterocycles. The number of benzene rings is 2. The van der Waals surface area contributed by atoms with Crippen LogP contribution in [-0.4, -0.2) is 6.79 Å². The zero-order valence-corrected chi connectivity index (χ0v) is 12.4. The summed E-state index contributed by atoms with van der Waals surface area (Å²) in [6.07, 6.45) is 0. The number of hydrogen-bond donors (Lipinski definition) is 1. The van der Waals surface area contributed by atoms with Crippen molar-refractivity contribution >= 4 is 15.9 Å². The molecule has 2 aromatic rings. The van der Waals surface area contributed by atoms with Crippen molar-refractivity contribution in [1.82, 2.24) is 0 Å². The monoisotopic (exact) mass is 335 g/mol. The Morgan fingerprint density at radius 1 is 1.10 bits per heavy atom. The Labute approximate surface area is 125 Å². The smallest absolute Gasteiger partial charge is 0.231 e. The minimum Gasteiger partial charge on any atom is -0.489 e. The quantitative estimate of drug-likeness (QED) is 0.932. The van der Waals surface area contributed by atoms with Crippen molar-refractivity contribution in [3.8, 4) is 17.2 Å². The molecule has 0 atom stereocenters. The van der Waals surface area contributed by atoms with Gasteiger partial charge in [-0.1, -0.05) is 28.1 Å². The largest absolute Gasteiger partial charge is 0.489 e. The third-order valence-electron chi connectivity index (χ3n) is 3.09. The molecule has 20 heavy (non-hydrogen) atoms. The summed E-state index contributed by atoms with van der Waals surface area (Å²) in [6.45, 7) is 1.27. The standard InChI is InChI=1S/C15H14BrNO3/c16-13-6-12(3-2-11(13)7-17)18-8-10-1-4-14-15(5-10)20-9-19-14/h1-6H,7-9,17H2. The predicted molar refractivity (Wildman–Crippen MR) is 78.9 cm³/mol. The van der Waals surface area contributed by atoms with E-state index < -0.39 is 0 Å². The summed E-state index contributed by atoms with van der Waals surface area (Å²) in [5.41, 5.74) is 7.71. The second-order valence-electron chi connectivity index (χ2n) is 4.43. The average Bonchev–Trinajstić information content (AvgIpc) is 2.92. The maximum atomic E-state index is 5.76. The maximum Gasteiger partial charge on any atom is 0.231 e. The van der Waals surface area contributed by atoms with Crippen molar-refractivity contribution in [3.05, 3.63) is 52.0 Å². The van der Waals surface area contributed by atoms with Crippen molar-refractivity contribution in [2.45, 2.75) is 13.2 Å². The third kappa shape index (κ3) is 2.73. The summed E-state index contributed by atoms with van der Waals surface area (Å²) in [5, 5.41) is 0. The molecule has 0 bridgehead atoms. The lowest BCUT2D eigenvalue weighted by atomic mass is 10.2. The van der Waals surface area contributed by atoms with Gasteiger partial charge in [0.1, 0.15) is 12.4 Å². The molecule has 2 N–H and O–H groups in total. The van der Waals surface area contributed by atoms with Gasteiger partial charge in [-0.3, -0.25) is 0 Å². The van der Waals surface area contributed by atoms with Crippen LogP contribution in [-0.2, 0) is 13.2 Å². The van der Waals surface area contributed by atoms with Gasteiger partial charge < -0.3 is 19.9 Å². The highest BCUT2D eigenvalue weighted by Crippen LogP contribution is 2.33. The van der Waals surface area contributed by atoms with Gasteiger partial charge in [-0.05, 0) is 35.4 Å². The van der Waals surface area contributed by atoms with E-state index in [1.165, 1.54) is 0 Å². The van der Waals surface area contributed by atoms with E-state index >= 15 is 0 Å². The van der Waals surface area contributed by atoms with Crippen LogP contribution in [0.5, 0.6) is 17.2 Å². The lowest BCUT2D eigenvalue weighted by Crippen LogP contribution is -1.99. The highest BCUT2D eigenvalue weighted by atomic mass is 79.9. The molecule has 0 spiro atoms. The van der Waals surface area contributed by atoms with Gasteiger partial charge in [0.25, 0.3) is 0 Å². The van der Waals surface area contributed by atoms with Crippen LogP contribution in [0.3, 0.4) is 0 Å². The fourth-order valence-electron chi connectivity index (χ4n) is 1.98. The minimum atomic E-state index is 0.285. The van der Waals surface area contributed by atoms with Gasteiger partial charge in [0, 0.05) is 11.0 Å². The molecule has 0 saturated carbocycles. The molecule has 0 amide bonds. The molecular formula is C15H14BrNO3. The molecule has 3 rings (SSSR count). The first-order chi connectivity index (χ1) is 9.76. The fraction of sp³-hybridized carbons (Fsp3) is 0.200. The summed E-state index contributed by atoms with van der Waals surface area (Å²) in [5.74, 6) is 2.35. The second kappa shape index (κ2) is 5.73. The highest BCUT2D eigenvalue weighted by Gasteiger charge is 2.13. The normalized spacial score (nSPS) is 12.5. The second-order valence-corrected chi connectivity index (χ2v) is 5.29. The number of ether oxygens (including phenoxy) is 3. The van der Waals surface area contributed by atoms with E-state index in [1.807, 2.05) is 36.4 Å². The molecule has 104 valence electrons. The summed E-state index contributed by atoms with van der Waals surface area (Å²) in [7, 11) is 0. The Morgan fingerprint density at radius 3 is 2.75 bits per heavy atom. The van der Waals surface area contributed by atoms with Crippen LogP contribution < -0.4 is 19.9 Å². The van der Waals surface area contributed by atoms with Crippen molar-refractivity contribution in [3.63, 3.8) is 0 Å². The number of fused-ring (bicyclic) bond motifs is 1. The van der Waals surface area contributed by atoms with Crippen molar-refractivity contribution < 1.29 is 14.2 Å². The molecule has 0 unspecified atom stereocenters. The number of hydrogen-bond acceptors (Lipinski definition) is 4. The van der Waals surface area contributed by atoms with Crippen LogP contribution >= 0.6 is 15.9 Å². The molecule has 0 saturated heterocycles. The van der Waals surface area contributed by atoms with Crippen LogP contribution in [0.4, 0.5) is 0 Å². The lowest BCUT2D eigenvalue weighted by molar-refractivity contribution is 0.174. The average molecular weight is 336 g/mol. The summed E-state index contributed by atoms with van der Waals surface area (Å²) < 4.78 is 17.3. The van der Waals surface area contributed by atoms with Gasteiger partial charge >= 0.3 is 0 Å². The number of halogens is 1. The SMILES string of the molecule is NCc1ccc(OCc2ccc3c(c2)OCO3)cc1Br. The Bertz CT molecular complexity index is 631. The molecular weight excluding hydrogens is 322 g/mol. The molecule has 2 aromatic carbocycles. The Morgan fingerprint density at radius 2 is 1.95 bits per heavy atom. The van der Waals surface area contributed by atoms with Crippen LogP contribution in [0.15, 0.2) is 40.9 Å². The van der Waals surface area contributed by atoms with Crippen LogP contribution in [0, 0.1) is 0 Å². The molecule has 1 heterocycles. The van der Waals surface area contributed by atoms with Crippen LogP contribution in [0.2, 0.25) is 0 Å². The van der Waals surface area contributed by atoms with E-state index in [4.69, 9.17) is 19.9 Å². The molecule has 4 nitrogen and oxygen atoms in total. The van der Waals surface area contributed by atoms with Crippen LogP contribution in [0.1, 0.15) is 11.1 Å². The molecule has 0 radical (unpaired) electrons. The molecule has 0 aliphatic carbocycles. The van der Waals surface area contributed by atoms with E-state index in [9.17, 15) is 0 Å². The van der Waals surface area contributed by atoms with E-state index in [-0.39, 0.29) is 6.79 Å². The van der Waals surface area contributed by atoms with Gasteiger partial charge in [0.15, 0.2) is 11.5 Å². The fourth-order valence-corrected chi connectivity index (χ4v) is 2.50. The van der Waals surface area contributed by atoms with Crippen molar-refractivity contribution in [2.75, 3.05) is 6.79 Å². The molecule has 1 aliphatic heterocycles. The number of rotatable bonds is 4. The van der Waals surface area contributed by atoms with E-state index in [1.54, 1.807) is 0 Å². The zero-order valence-electron chi connectivity index (χ0n) is 10.8.